The van der Waals surface area contributed by atoms with E-state index in [2.05, 4.69) is 15.1 Å². The zero-order valence-electron chi connectivity index (χ0n) is 8.27. The molecule has 8 heteroatoms. The maximum absolute atomic E-state index is 10.4. The van der Waals surface area contributed by atoms with E-state index in [1.807, 2.05) is 0 Å². The average Bonchev–Trinajstić information content (AvgIpc) is 2.65. The van der Waals surface area contributed by atoms with E-state index in [1.54, 1.807) is 24.1 Å². The summed E-state index contributed by atoms with van der Waals surface area (Å²) >= 11 is 1.25. The molecule has 2 aromatic heterocycles. The topological polar surface area (TPSA) is 86.7 Å². The summed E-state index contributed by atoms with van der Waals surface area (Å²) in [4.78, 5) is 17.9. The van der Waals surface area contributed by atoms with Crippen LogP contribution in [0, 0.1) is 10.1 Å². The number of aromatic nitrogens is 4. The Morgan fingerprint density at radius 2 is 2.25 bits per heavy atom. The highest BCUT2D eigenvalue weighted by molar-refractivity contribution is 7.99. The standard InChI is InChI=1S/C8H7N5O2S/c1-12-5-10-8(11-12)16-7-3-2-6(4-9-7)13(14)15/h2-5H,1H3. The van der Waals surface area contributed by atoms with Crippen LogP contribution in [-0.2, 0) is 7.05 Å². The zero-order chi connectivity index (χ0) is 11.5. The van der Waals surface area contributed by atoms with Crippen molar-refractivity contribution in [1.82, 2.24) is 19.7 Å². The predicted molar refractivity (Wildman–Crippen MR) is 56.0 cm³/mol. The van der Waals surface area contributed by atoms with Gasteiger partial charge in [-0.3, -0.25) is 14.8 Å². The summed E-state index contributed by atoms with van der Waals surface area (Å²) in [6.45, 7) is 0. The molecule has 0 radical (unpaired) electrons. The predicted octanol–water partition coefficient (Wildman–Crippen LogP) is 1.27. The van der Waals surface area contributed by atoms with E-state index < -0.39 is 4.92 Å². The van der Waals surface area contributed by atoms with Gasteiger partial charge in [-0.15, -0.1) is 5.10 Å². The largest absolute Gasteiger partial charge is 0.287 e. The van der Waals surface area contributed by atoms with E-state index in [0.29, 0.717) is 10.2 Å². The molecule has 16 heavy (non-hydrogen) atoms. The van der Waals surface area contributed by atoms with Gasteiger partial charge in [-0.25, -0.2) is 9.97 Å². The van der Waals surface area contributed by atoms with Crippen molar-refractivity contribution in [1.29, 1.82) is 0 Å². The van der Waals surface area contributed by atoms with Crippen molar-refractivity contribution in [3.8, 4) is 0 Å². The Morgan fingerprint density at radius 3 is 2.75 bits per heavy atom. The molecule has 0 bridgehead atoms. The van der Waals surface area contributed by atoms with Gasteiger partial charge in [0.05, 0.1) is 4.92 Å². The number of hydrogen-bond donors (Lipinski definition) is 0. The molecule has 82 valence electrons. The second-order valence-electron chi connectivity index (χ2n) is 2.91. The van der Waals surface area contributed by atoms with Crippen LogP contribution >= 0.6 is 11.8 Å². The molecule has 0 saturated heterocycles. The first-order valence-electron chi connectivity index (χ1n) is 4.29. The summed E-state index contributed by atoms with van der Waals surface area (Å²) in [5, 5.41) is 15.6. The normalized spacial score (nSPS) is 10.3. The Balaban J connectivity index is 2.14. The fourth-order valence-electron chi connectivity index (χ4n) is 1.00. The molecular formula is C8H7N5O2S. The lowest BCUT2D eigenvalue weighted by molar-refractivity contribution is -0.385. The van der Waals surface area contributed by atoms with Crippen molar-refractivity contribution in [2.24, 2.45) is 7.05 Å². The van der Waals surface area contributed by atoms with E-state index in [9.17, 15) is 10.1 Å². The van der Waals surface area contributed by atoms with Gasteiger partial charge < -0.3 is 0 Å². The highest BCUT2D eigenvalue weighted by Gasteiger charge is 2.07. The zero-order valence-corrected chi connectivity index (χ0v) is 9.09. The SMILES string of the molecule is Cn1cnc(Sc2ccc([N+](=O)[O-])cn2)n1. The van der Waals surface area contributed by atoms with Crippen LogP contribution in [0.3, 0.4) is 0 Å². The van der Waals surface area contributed by atoms with Gasteiger partial charge in [0.25, 0.3) is 5.69 Å². The molecule has 2 heterocycles. The van der Waals surface area contributed by atoms with Crippen LogP contribution in [0.5, 0.6) is 0 Å². The molecule has 0 spiro atoms. The molecule has 0 aromatic carbocycles. The molecule has 7 nitrogen and oxygen atoms in total. The lowest BCUT2D eigenvalue weighted by Gasteiger charge is -1.95. The molecule has 2 aromatic rings. The number of rotatable bonds is 3. The number of aryl methyl sites for hydroxylation is 1. The Kier molecular flexibility index (Phi) is 2.82. The van der Waals surface area contributed by atoms with Gasteiger partial charge in [-0.1, -0.05) is 0 Å². The number of pyridine rings is 1. The lowest BCUT2D eigenvalue weighted by Crippen LogP contribution is -1.90. The van der Waals surface area contributed by atoms with Crippen LogP contribution in [0.1, 0.15) is 0 Å². The average molecular weight is 237 g/mol. The van der Waals surface area contributed by atoms with Gasteiger partial charge in [0, 0.05) is 13.1 Å². The summed E-state index contributed by atoms with van der Waals surface area (Å²) in [5.74, 6) is 0. The second kappa shape index (κ2) is 4.27. The summed E-state index contributed by atoms with van der Waals surface area (Å²) in [6, 6.07) is 2.97. The summed E-state index contributed by atoms with van der Waals surface area (Å²) in [6.07, 6.45) is 2.79. The molecule has 0 unspecified atom stereocenters. The van der Waals surface area contributed by atoms with Gasteiger partial charge >= 0.3 is 0 Å². The number of hydrogen-bond acceptors (Lipinski definition) is 6. The molecule has 0 aliphatic carbocycles. The van der Waals surface area contributed by atoms with Crippen molar-refractivity contribution in [2.75, 3.05) is 0 Å². The van der Waals surface area contributed by atoms with E-state index >= 15 is 0 Å². The van der Waals surface area contributed by atoms with E-state index in [0.717, 1.165) is 0 Å². The molecule has 0 aliphatic heterocycles. The third-order valence-electron chi connectivity index (χ3n) is 1.71. The molecule has 2 rings (SSSR count). The first kappa shape index (κ1) is 10.6. The molecule has 0 amide bonds. The van der Waals surface area contributed by atoms with Gasteiger partial charge in [0.1, 0.15) is 17.6 Å². The van der Waals surface area contributed by atoms with Gasteiger partial charge in [-0.05, 0) is 17.8 Å². The van der Waals surface area contributed by atoms with Crippen molar-refractivity contribution < 1.29 is 4.92 Å². The summed E-state index contributed by atoms with van der Waals surface area (Å²) in [7, 11) is 1.76. The van der Waals surface area contributed by atoms with Crippen molar-refractivity contribution >= 4 is 17.4 Å². The first-order chi connectivity index (χ1) is 7.65. The van der Waals surface area contributed by atoms with Crippen LogP contribution < -0.4 is 0 Å². The minimum absolute atomic E-state index is 0.0293. The van der Waals surface area contributed by atoms with Crippen molar-refractivity contribution in [2.45, 2.75) is 10.2 Å². The second-order valence-corrected chi connectivity index (χ2v) is 3.90. The minimum Gasteiger partial charge on any atom is -0.258 e. The van der Waals surface area contributed by atoms with Gasteiger partial charge in [-0.2, -0.15) is 0 Å². The number of nitrogens with zero attached hydrogens (tertiary/aromatic N) is 5. The maximum Gasteiger partial charge on any atom is 0.287 e. The van der Waals surface area contributed by atoms with Gasteiger partial charge in [0.2, 0.25) is 5.16 Å². The summed E-state index contributed by atoms with van der Waals surface area (Å²) < 4.78 is 1.58. The summed E-state index contributed by atoms with van der Waals surface area (Å²) in [5.41, 5.74) is -0.0293. The smallest absolute Gasteiger partial charge is 0.258 e. The Morgan fingerprint density at radius 1 is 1.44 bits per heavy atom. The van der Waals surface area contributed by atoms with E-state index in [1.165, 1.54) is 24.0 Å². The van der Waals surface area contributed by atoms with E-state index in [-0.39, 0.29) is 5.69 Å². The minimum atomic E-state index is -0.486. The monoisotopic (exact) mass is 237 g/mol. The van der Waals surface area contributed by atoms with Crippen LogP contribution in [0.15, 0.2) is 34.8 Å². The Bertz CT molecular complexity index is 509. The quantitative estimate of drug-likeness (QED) is 0.590. The van der Waals surface area contributed by atoms with Gasteiger partial charge in [0.15, 0.2) is 0 Å². The van der Waals surface area contributed by atoms with E-state index in [4.69, 9.17) is 0 Å². The molecule has 0 saturated carbocycles. The third kappa shape index (κ3) is 2.34. The van der Waals surface area contributed by atoms with Crippen LogP contribution in [0.2, 0.25) is 0 Å². The van der Waals surface area contributed by atoms with Crippen LogP contribution in [0.4, 0.5) is 5.69 Å². The number of nitro groups is 1. The molecule has 0 fully saturated rings. The Labute approximate surface area is 94.7 Å². The lowest BCUT2D eigenvalue weighted by atomic mass is 10.4. The highest BCUT2D eigenvalue weighted by Crippen LogP contribution is 2.23. The van der Waals surface area contributed by atoms with Crippen molar-refractivity contribution in [3.63, 3.8) is 0 Å². The van der Waals surface area contributed by atoms with Crippen molar-refractivity contribution in [3.05, 3.63) is 34.8 Å². The molecule has 0 N–H and O–H groups in total. The fourth-order valence-corrected chi connectivity index (χ4v) is 1.70. The molecular weight excluding hydrogens is 230 g/mol. The fraction of sp³-hybridized carbons (Fsp3) is 0.125. The highest BCUT2D eigenvalue weighted by atomic mass is 32.2. The van der Waals surface area contributed by atoms with Crippen LogP contribution in [-0.4, -0.2) is 24.7 Å². The molecule has 0 aliphatic rings. The van der Waals surface area contributed by atoms with Crippen LogP contribution in [0.25, 0.3) is 0 Å². The molecule has 0 atom stereocenters. The third-order valence-corrected chi connectivity index (χ3v) is 2.53. The Hall–Kier alpha value is -1.96. The first-order valence-corrected chi connectivity index (χ1v) is 5.11. The maximum atomic E-state index is 10.4.